The molecule has 1 heterocycles. The highest BCUT2D eigenvalue weighted by molar-refractivity contribution is 5.99. The zero-order chi connectivity index (χ0) is 14.5. The van der Waals surface area contributed by atoms with Gasteiger partial charge in [0.25, 0.3) is 5.91 Å². The van der Waals surface area contributed by atoms with Gasteiger partial charge in [0.05, 0.1) is 0 Å². The van der Waals surface area contributed by atoms with Crippen molar-refractivity contribution in [1.82, 2.24) is 4.57 Å². The van der Waals surface area contributed by atoms with E-state index in [1.54, 1.807) is 7.11 Å². The van der Waals surface area contributed by atoms with Crippen LogP contribution in [0.1, 0.15) is 22.5 Å². The predicted octanol–water partition coefficient (Wildman–Crippen LogP) is 2.60. The highest BCUT2D eigenvalue weighted by Crippen LogP contribution is 2.29. The minimum Gasteiger partial charge on any atom is -0.385 e. The standard InChI is InChI=1S/C16H20N2O2/c1-12-11-18(9-6-10-20-2)15(16(17)19)14(12)13-7-4-3-5-8-13/h3-5,7-8,11H,6,9-10H2,1-2H3,(H2,17,19). The minimum absolute atomic E-state index is 0.394. The van der Waals surface area contributed by atoms with Gasteiger partial charge in [-0.1, -0.05) is 30.3 Å². The number of aromatic nitrogens is 1. The third-order valence-electron chi connectivity index (χ3n) is 3.31. The minimum atomic E-state index is -0.394. The van der Waals surface area contributed by atoms with Crippen LogP contribution in [0.15, 0.2) is 36.5 Å². The summed E-state index contributed by atoms with van der Waals surface area (Å²) in [5.41, 5.74) is 9.16. The molecule has 0 atom stereocenters. The average molecular weight is 272 g/mol. The van der Waals surface area contributed by atoms with E-state index in [4.69, 9.17) is 10.5 Å². The molecule has 0 saturated carbocycles. The first kappa shape index (κ1) is 14.3. The Bertz CT molecular complexity index is 588. The molecule has 4 nitrogen and oxygen atoms in total. The van der Waals surface area contributed by atoms with Gasteiger partial charge >= 0.3 is 0 Å². The number of aryl methyl sites for hydroxylation is 2. The number of nitrogens with zero attached hydrogens (tertiary/aromatic N) is 1. The molecule has 1 amide bonds. The molecule has 0 radical (unpaired) electrons. The first-order valence-electron chi connectivity index (χ1n) is 6.69. The van der Waals surface area contributed by atoms with E-state index >= 15 is 0 Å². The maximum atomic E-state index is 11.8. The van der Waals surface area contributed by atoms with Gasteiger partial charge in [-0.15, -0.1) is 0 Å². The Balaban J connectivity index is 2.44. The maximum Gasteiger partial charge on any atom is 0.265 e. The number of hydrogen-bond donors (Lipinski definition) is 1. The van der Waals surface area contributed by atoms with Crippen molar-refractivity contribution < 1.29 is 9.53 Å². The number of hydrogen-bond acceptors (Lipinski definition) is 2. The molecule has 2 rings (SSSR count). The number of amides is 1. The molecule has 1 aromatic heterocycles. The zero-order valence-corrected chi connectivity index (χ0v) is 11.9. The van der Waals surface area contributed by atoms with Crippen LogP contribution in [0.3, 0.4) is 0 Å². The van der Waals surface area contributed by atoms with Crippen LogP contribution in [0.5, 0.6) is 0 Å². The van der Waals surface area contributed by atoms with Crippen molar-refractivity contribution in [2.45, 2.75) is 19.9 Å². The lowest BCUT2D eigenvalue weighted by molar-refractivity contribution is 0.0991. The monoisotopic (exact) mass is 272 g/mol. The Labute approximate surface area is 119 Å². The summed E-state index contributed by atoms with van der Waals surface area (Å²) < 4.78 is 6.99. The molecule has 0 spiro atoms. The number of benzene rings is 1. The van der Waals surface area contributed by atoms with Gasteiger partial charge in [-0.3, -0.25) is 4.79 Å². The Hall–Kier alpha value is -2.07. The summed E-state index contributed by atoms with van der Waals surface area (Å²) in [6.07, 6.45) is 2.83. The maximum absolute atomic E-state index is 11.8. The second kappa shape index (κ2) is 6.39. The molecule has 2 N–H and O–H groups in total. The Morgan fingerprint density at radius 2 is 2.00 bits per heavy atom. The van der Waals surface area contributed by atoms with Gasteiger partial charge < -0.3 is 15.0 Å². The van der Waals surface area contributed by atoms with E-state index in [2.05, 4.69) is 0 Å². The molecule has 4 heteroatoms. The molecule has 2 aromatic rings. The quantitative estimate of drug-likeness (QED) is 0.822. The number of carbonyl (C=O) groups excluding carboxylic acids is 1. The van der Waals surface area contributed by atoms with Gasteiger partial charge in [-0.25, -0.2) is 0 Å². The van der Waals surface area contributed by atoms with E-state index < -0.39 is 5.91 Å². The van der Waals surface area contributed by atoms with E-state index in [0.29, 0.717) is 12.3 Å². The number of rotatable bonds is 6. The van der Waals surface area contributed by atoms with Crippen molar-refractivity contribution in [1.29, 1.82) is 0 Å². The Kier molecular flexibility index (Phi) is 4.58. The summed E-state index contributed by atoms with van der Waals surface area (Å²) in [6, 6.07) is 9.87. The van der Waals surface area contributed by atoms with Crippen LogP contribution in [-0.2, 0) is 11.3 Å². The lowest BCUT2D eigenvalue weighted by Crippen LogP contribution is -2.18. The molecule has 106 valence electrons. The van der Waals surface area contributed by atoms with Gasteiger partial charge in [0.2, 0.25) is 0 Å². The summed E-state index contributed by atoms with van der Waals surface area (Å²) in [5.74, 6) is -0.394. The number of primary amides is 1. The first-order valence-corrected chi connectivity index (χ1v) is 6.69. The van der Waals surface area contributed by atoms with Gasteiger partial charge in [0, 0.05) is 32.0 Å². The third kappa shape index (κ3) is 2.91. The van der Waals surface area contributed by atoms with Crippen molar-refractivity contribution in [3.05, 3.63) is 47.8 Å². The van der Waals surface area contributed by atoms with Crippen LogP contribution in [0, 0.1) is 6.92 Å². The summed E-state index contributed by atoms with van der Waals surface area (Å²) in [7, 11) is 1.67. The van der Waals surface area contributed by atoms with Crippen LogP contribution >= 0.6 is 0 Å². The van der Waals surface area contributed by atoms with Crippen LogP contribution in [0.25, 0.3) is 11.1 Å². The van der Waals surface area contributed by atoms with Crippen molar-refractivity contribution in [2.75, 3.05) is 13.7 Å². The highest BCUT2D eigenvalue weighted by Gasteiger charge is 2.18. The largest absolute Gasteiger partial charge is 0.385 e. The molecule has 20 heavy (non-hydrogen) atoms. The SMILES string of the molecule is COCCCn1cc(C)c(-c2ccccc2)c1C(N)=O. The average Bonchev–Trinajstić information content (AvgIpc) is 2.77. The van der Waals surface area contributed by atoms with Crippen molar-refractivity contribution in [2.24, 2.45) is 5.73 Å². The molecular weight excluding hydrogens is 252 g/mol. The first-order chi connectivity index (χ1) is 9.65. The molecule has 0 bridgehead atoms. The van der Waals surface area contributed by atoms with E-state index in [-0.39, 0.29) is 0 Å². The summed E-state index contributed by atoms with van der Waals surface area (Å²) in [4.78, 5) is 11.8. The van der Waals surface area contributed by atoms with Crippen LogP contribution in [0.4, 0.5) is 0 Å². The number of nitrogens with two attached hydrogens (primary N) is 1. The molecule has 0 aliphatic heterocycles. The zero-order valence-electron chi connectivity index (χ0n) is 11.9. The van der Waals surface area contributed by atoms with Crippen LogP contribution in [0.2, 0.25) is 0 Å². The van der Waals surface area contributed by atoms with Crippen LogP contribution < -0.4 is 5.73 Å². The van der Waals surface area contributed by atoms with Gasteiger partial charge in [0.1, 0.15) is 5.69 Å². The van der Waals surface area contributed by atoms with Gasteiger partial charge in [0.15, 0.2) is 0 Å². The molecule has 0 saturated heterocycles. The number of carbonyl (C=O) groups is 1. The fourth-order valence-electron chi connectivity index (χ4n) is 2.48. The molecule has 0 unspecified atom stereocenters. The van der Waals surface area contributed by atoms with E-state index in [1.165, 1.54) is 0 Å². The normalized spacial score (nSPS) is 10.7. The van der Waals surface area contributed by atoms with E-state index in [9.17, 15) is 4.79 Å². The molecule has 1 aromatic carbocycles. The summed E-state index contributed by atoms with van der Waals surface area (Å²) in [5, 5.41) is 0. The number of ether oxygens (including phenoxy) is 1. The lowest BCUT2D eigenvalue weighted by Gasteiger charge is -2.08. The van der Waals surface area contributed by atoms with Crippen molar-refractivity contribution in [3.8, 4) is 11.1 Å². The van der Waals surface area contributed by atoms with Gasteiger partial charge in [-0.2, -0.15) is 0 Å². The number of methoxy groups -OCH3 is 1. The second-order valence-corrected chi connectivity index (χ2v) is 4.81. The Morgan fingerprint density at radius 3 is 2.60 bits per heavy atom. The summed E-state index contributed by atoms with van der Waals surface area (Å²) >= 11 is 0. The van der Waals surface area contributed by atoms with Crippen molar-refractivity contribution >= 4 is 5.91 Å². The fourth-order valence-corrected chi connectivity index (χ4v) is 2.48. The Morgan fingerprint density at radius 1 is 1.30 bits per heavy atom. The lowest BCUT2D eigenvalue weighted by atomic mass is 10.0. The smallest absolute Gasteiger partial charge is 0.265 e. The van der Waals surface area contributed by atoms with Crippen molar-refractivity contribution in [3.63, 3.8) is 0 Å². The van der Waals surface area contributed by atoms with Gasteiger partial charge in [-0.05, 0) is 24.5 Å². The van der Waals surface area contributed by atoms with Crippen LogP contribution in [-0.4, -0.2) is 24.2 Å². The fraction of sp³-hybridized carbons (Fsp3) is 0.312. The summed E-state index contributed by atoms with van der Waals surface area (Å²) in [6.45, 7) is 3.39. The van der Waals surface area contributed by atoms with E-state index in [0.717, 1.165) is 29.7 Å². The topological polar surface area (TPSA) is 57.2 Å². The molecular formula is C16H20N2O2. The van der Waals surface area contributed by atoms with E-state index in [1.807, 2.05) is 48.0 Å². The predicted molar refractivity (Wildman–Crippen MR) is 79.6 cm³/mol. The second-order valence-electron chi connectivity index (χ2n) is 4.81. The molecule has 0 fully saturated rings. The molecule has 0 aliphatic carbocycles. The highest BCUT2D eigenvalue weighted by atomic mass is 16.5. The molecule has 0 aliphatic rings. The third-order valence-corrected chi connectivity index (χ3v) is 3.31.